The maximum absolute atomic E-state index is 12.8. The van der Waals surface area contributed by atoms with Crippen LogP contribution in [-0.4, -0.2) is 51.5 Å². The van der Waals surface area contributed by atoms with E-state index in [1.165, 1.54) is 0 Å². The van der Waals surface area contributed by atoms with Crippen LogP contribution >= 0.6 is 0 Å². The number of nitrogens with one attached hydrogen (secondary N) is 1. The molecule has 1 aliphatic heterocycles. The predicted octanol–water partition coefficient (Wildman–Crippen LogP) is 3.68. The molecule has 6 nitrogen and oxygen atoms in total. The van der Waals surface area contributed by atoms with Crippen molar-refractivity contribution in [2.75, 3.05) is 32.8 Å². The van der Waals surface area contributed by atoms with Crippen LogP contribution in [0, 0.1) is 0 Å². The highest BCUT2D eigenvalue weighted by Gasteiger charge is 2.25. The molecule has 1 N–H and O–H groups in total. The standard InChI is InChI=1S/C23H30N2O4S/c1-2-29-18-6-15-24-23(26)21-9-7-19(8-10-21)20-11-13-22(14-12-20)30(27,28)25-16-4-3-5-17-25/h7-14H,2-6,15-18H2,1H3,(H,24,26). The van der Waals surface area contributed by atoms with E-state index in [1.807, 2.05) is 31.2 Å². The van der Waals surface area contributed by atoms with E-state index in [4.69, 9.17) is 4.74 Å². The second kappa shape index (κ2) is 10.7. The van der Waals surface area contributed by atoms with Gasteiger partial charge in [0.25, 0.3) is 5.91 Å². The topological polar surface area (TPSA) is 75.7 Å². The molecule has 7 heteroatoms. The average molecular weight is 431 g/mol. The van der Waals surface area contributed by atoms with Crippen molar-refractivity contribution in [3.63, 3.8) is 0 Å². The zero-order valence-corrected chi connectivity index (χ0v) is 18.3. The summed E-state index contributed by atoms with van der Waals surface area (Å²) in [7, 11) is -3.42. The van der Waals surface area contributed by atoms with Crippen molar-refractivity contribution in [1.29, 1.82) is 0 Å². The second-order valence-electron chi connectivity index (χ2n) is 7.37. The molecule has 1 heterocycles. The number of rotatable bonds is 9. The molecule has 2 aromatic carbocycles. The minimum atomic E-state index is -3.42. The van der Waals surface area contributed by atoms with Crippen LogP contribution < -0.4 is 5.32 Å². The first-order valence-corrected chi connectivity index (χ1v) is 12.0. The van der Waals surface area contributed by atoms with Crippen LogP contribution in [0.15, 0.2) is 53.4 Å². The smallest absolute Gasteiger partial charge is 0.251 e. The summed E-state index contributed by atoms with van der Waals surface area (Å²) in [5.41, 5.74) is 2.44. The lowest BCUT2D eigenvalue weighted by atomic mass is 10.0. The highest BCUT2D eigenvalue weighted by molar-refractivity contribution is 7.89. The highest BCUT2D eigenvalue weighted by Crippen LogP contribution is 2.25. The zero-order valence-electron chi connectivity index (χ0n) is 17.5. The van der Waals surface area contributed by atoms with E-state index in [0.717, 1.165) is 36.8 Å². The summed E-state index contributed by atoms with van der Waals surface area (Å²) in [5, 5.41) is 2.88. The normalized spacial score (nSPS) is 15.1. The van der Waals surface area contributed by atoms with Crippen LogP contribution in [-0.2, 0) is 14.8 Å². The predicted molar refractivity (Wildman–Crippen MR) is 118 cm³/mol. The Labute approximate surface area is 179 Å². The van der Waals surface area contributed by atoms with Crippen LogP contribution in [0.5, 0.6) is 0 Å². The van der Waals surface area contributed by atoms with Gasteiger partial charge in [0.1, 0.15) is 0 Å². The Morgan fingerprint density at radius 1 is 0.967 bits per heavy atom. The molecule has 0 unspecified atom stereocenters. The van der Waals surface area contributed by atoms with Gasteiger partial charge in [-0.3, -0.25) is 4.79 Å². The van der Waals surface area contributed by atoms with Crippen LogP contribution in [0.4, 0.5) is 0 Å². The molecule has 0 aliphatic carbocycles. The second-order valence-corrected chi connectivity index (χ2v) is 9.31. The van der Waals surface area contributed by atoms with Gasteiger partial charge in [-0.15, -0.1) is 0 Å². The van der Waals surface area contributed by atoms with Crippen LogP contribution in [0.1, 0.15) is 43.0 Å². The van der Waals surface area contributed by atoms with Crippen molar-refractivity contribution in [2.24, 2.45) is 0 Å². The summed E-state index contributed by atoms with van der Waals surface area (Å²) < 4.78 is 32.4. The van der Waals surface area contributed by atoms with Gasteiger partial charge in [-0.25, -0.2) is 8.42 Å². The maximum atomic E-state index is 12.8. The number of hydrogen-bond acceptors (Lipinski definition) is 4. The summed E-state index contributed by atoms with van der Waals surface area (Å²) in [5.74, 6) is -0.110. The maximum Gasteiger partial charge on any atom is 0.251 e. The number of hydrogen-bond donors (Lipinski definition) is 1. The van der Waals surface area contributed by atoms with Crippen molar-refractivity contribution < 1.29 is 17.9 Å². The minimum absolute atomic E-state index is 0.110. The lowest BCUT2D eigenvalue weighted by Crippen LogP contribution is -2.35. The fraction of sp³-hybridized carbons (Fsp3) is 0.435. The molecule has 2 aromatic rings. The fourth-order valence-corrected chi connectivity index (χ4v) is 5.03. The van der Waals surface area contributed by atoms with E-state index in [-0.39, 0.29) is 5.91 Å². The monoisotopic (exact) mass is 430 g/mol. The first-order chi connectivity index (χ1) is 14.5. The van der Waals surface area contributed by atoms with E-state index in [0.29, 0.717) is 43.3 Å². The van der Waals surface area contributed by atoms with Crippen molar-refractivity contribution in [1.82, 2.24) is 9.62 Å². The average Bonchev–Trinajstić information content (AvgIpc) is 2.79. The van der Waals surface area contributed by atoms with E-state index >= 15 is 0 Å². The molecule has 1 amide bonds. The van der Waals surface area contributed by atoms with Crippen LogP contribution in [0.3, 0.4) is 0 Å². The summed E-state index contributed by atoms with van der Waals surface area (Å²) in [6.45, 7) is 5.03. The molecule has 1 saturated heterocycles. The molecule has 3 rings (SSSR count). The van der Waals surface area contributed by atoms with Gasteiger partial charge in [0.2, 0.25) is 10.0 Å². The zero-order chi connectivity index (χ0) is 21.4. The third-order valence-corrected chi connectivity index (χ3v) is 7.16. The highest BCUT2D eigenvalue weighted by atomic mass is 32.2. The Bertz CT molecular complexity index is 919. The summed E-state index contributed by atoms with van der Waals surface area (Å²) in [6, 6.07) is 14.3. The van der Waals surface area contributed by atoms with E-state index < -0.39 is 10.0 Å². The summed E-state index contributed by atoms with van der Waals surface area (Å²) in [4.78, 5) is 12.5. The summed E-state index contributed by atoms with van der Waals surface area (Å²) >= 11 is 0. The Morgan fingerprint density at radius 2 is 1.57 bits per heavy atom. The van der Waals surface area contributed by atoms with Gasteiger partial charge in [0, 0.05) is 38.4 Å². The van der Waals surface area contributed by atoms with Gasteiger partial charge in [-0.1, -0.05) is 30.7 Å². The number of nitrogens with zero attached hydrogens (tertiary/aromatic N) is 1. The number of ether oxygens (including phenoxy) is 1. The molecule has 0 radical (unpaired) electrons. The number of benzene rings is 2. The third-order valence-electron chi connectivity index (χ3n) is 5.24. The molecule has 162 valence electrons. The lowest BCUT2D eigenvalue weighted by molar-refractivity contribution is 0.0944. The van der Waals surface area contributed by atoms with Crippen molar-refractivity contribution in [2.45, 2.75) is 37.5 Å². The molecular weight excluding hydrogens is 400 g/mol. The van der Waals surface area contributed by atoms with Gasteiger partial charge in [-0.2, -0.15) is 4.31 Å². The molecule has 0 saturated carbocycles. The molecule has 30 heavy (non-hydrogen) atoms. The number of carbonyl (C=O) groups is 1. The quantitative estimate of drug-likeness (QED) is 0.616. The van der Waals surface area contributed by atoms with Gasteiger partial charge in [0.15, 0.2) is 0 Å². The molecule has 0 spiro atoms. The Kier molecular flexibility index (Phi) is 8.01. The number of amides is 1. The first kappa shape index (κ1) is 22.5. The summed E-state index contributed by atoms with van der Waals surface area (Å²) in [6.07, 6.45) is 3.71. The van der Waals surface area contributed by atoms with E-state index in [1.54, 1.807) is 28.6 Å². The molecule has 1 aliphatic rings. The number of carbonyl (C=O) groups excluding carboxylic acids is 1. The van der Waals surface area contributed by atoms with E-state index in [2.05, 4.69) is 5.32 Å². The lowest BCUT2D eigenvalue weighted by Gasteiger charge is -2.25. The molecule has 0 aromatic heterocycles. The van der Waals surface area contributed by atoms with Crippen molar-refractivity contribution in [3.8, 4) is 11.1 Å². The first-order valence-electron chi connectivity index (χ1n) is 10.6. The van der Waals surface area contributed by atoms with Gasteiger partial charge >= 0.3 is 0 Å². The number of sulfonamides is 1. The van der Waals surface area contributed by atoms with Gasteiger partial charge in [0.05, 0.1) is 4.90 Å². The van der Waals surface area contributed by atoms with Crippen molar-refractivity contribution >= 4 is 15.9 Å². The number of piperidine rings is 1. The van der Waals surface area contributed by atoms with E-state index in [9.17, 15) is 13.2 Å². The van der Waals surface area contributed by atoms with Crippen LogP contribution in [0.2, 0.25) is 0 Å². The molecular formula is C23H30N2O4S. The Hall–Kier alpha value is -2.22. The third kappa shape index (κ3) is 5.68. The van der Waals surface area contributed by atoms with Gasteiger partial charge in [-0.05, 0) is 61.6 Å². The minimum Gasteiger partial charge on any atom is -0.382 e. The fourth-order valence-electron chi connectivity index (χ4n) is 3.51. The van der Waals surface area contributed by atoms with Crippen LogP contribution in [0.25, 0.3) is 11.1 Å². The largest absolute Gasteiger partial charge is 0.382 e. The Balaban J connectivity index is 1.62. The molecule has 0 atom stereocenters. The molecule has 0 bridgehead atoms. The molecule has 1 fully saturated rings. The SMILES string of the molecule is CCOCCCNC(=O)c1ccc(-c2ccc(S(=O)(=O)N3CCCCC3)cc2)cc1. The Morgan fingerprint density at radius 3 is 2.17 bits per heavy atom. The van der Waals surface area contributed by atoms with Crippen molar-refractivity contribution in [3.05, 3.63) is 54.1 Å². The van der Waals surface area contributed by atoms with Gasteiger partial charge < -0.3 is 10.1 Å².